The van der Waals surface area contributed by atoms with E-state index in [2.05, 4.69) is 0 Å². The van der Waals surface area contributed by atoms with Gasteiger partial charge in [-0.3, -0.25) is 4.79 Å². The number of β-amino-alcohol motifs (C(OH)–C–C–N with tert-alkyl or cyclic N) is 1. The normalized spacial score (nSPS) is 19.7. The van der Waals surface area contributed by atoms with Crippen LogP contribution in [0.15, 0.2) is 24.3 Å². The Morgan fingerprint density at radius 1 is 1.39 bits per heavy atom. The number of carbonyl (C=O) groups is 1. The first kappa shape index (κ1) is 13.4. The van der Waals surface area contributed by atoms with E-state index in [1.807, 2.05) is 0 Å². The van der Waals surface area contributed by atoms with E-state index in [-0.39, 0.29) is 5.91 Å². The summed E-state index contributed by atoms with van der Waals surface area (Å²) in [4.78, 5) is 13.4. The van der Waals surface area contributed by atoms with E-state index in [0.717, 1.165) is 5.56 Å². The van der Waals surface area contributed by atoms with Gasteiger partial charge in [0.25, 0.3) is 0 Å². The molecule has 1 aromatic rings. The van der Waals surface area contributed by atoms with Crippen LogP contribution in [0.5, 0.6) is 0 Å². The Kier molecular flexibility index (Phi) is 4.27. The highest BCUT2D eigenvalue weighted by Gasteiger charge is 2.22. The highest BCUT2D eigenvalue weighted by atomic mass is 35.5. The molecule has 0 saturated carbocycles. The summed E-state index contributed by atoms with van der Waals surface area (Å²) in [6.45, 7) is 1.01. The van der Waals surface area contributed by atoms with E-state index < -0.39 is 6.10 Å². The molecular weight excluding hydrogens is 273 g/mol. The molecule has 0 aliphatic carbocycles. The summed E-state index contributed by atoms with van der Waals surface area (Å²) in [5.74, 6) is -0.0994. The third kappa shape index (κ3) is 3.25. The third-order valence-corrected chi connectivity index (χ3v) is 3.58. The second kappa shape index (κ2) is 5.74. The highest BCUT2D eigenvalue weighted by Crippen LogP contribution is 2.23. The van der Waals surface area contributed by atoms with Gasteiger partial charge in [0.05, 0.1) is 16.1 Å². The molecule has 0 spiro atoms. The zero-order chi connectivity index (χ0) is 13.1. The maximum atomic E-state index is 11.8. The Bertz CT molecular complexity index is 488. The molecule has 1 aromatic carbocycles. The first-order chi connectivity index (χ1) is 8.56. The summed E-state index contributed by atoms with van der Waals surface area (Å²) < 4.78 is 0. The van der Waals surface area contributed by atoms with Crippen molar-refractivity contribution in [3.8, 4) is 0 Å². The average molecular weight is 286 g/mol. The second-order valence-corrected chi connectivity index (χ2v) is 5.05. The Hall–Kier alpha value is -1.03. The third-order valence-electron chi connectivity index (χ3n) is 2.84. The molecule has 1 aliphatic rings. The summed E-state index contributed by atoms with van der Waals surface area (Å²) in [5.41, 5.74) is 0.817. The van der Waals surface area contributed by atoms with E-state index in [0.29, 0.717) is 29.6 Å². The number of nitrogens with zero attached hydrogens (tertiary/aromatic N) is 1. The maximum Gasteiger partial charge on any atom is 0.246 e. The minimum absolute atomic E-state index is 0.0994. The fourth-order valence-electron chi connectivity index (χ4n) is 1.83. The standard InChI is InChI=1S/C13H13Cl2NO2/c14-11-3-1-9(7-12(11)15)2-4-13(18)16-6-5-10(17)8-16/h1-4,7,10,17H,5-6,8H2/b4-2+/t10-/m0/s1. The monoisotopic (exact) mass is 285 g/mol. The van der Waals surface area contributed by atoms with Crippen molar-refractivity contribution in [1.82, 2.24) is 4.90 Å². The van der Waals surface area contributed by atoms with Crippen molar-refractivity contribution in [1.29, 1.82) is 0 Å². The van der Waals surface area contributed by atoms with Gasteiger partial charge in [-0.25, -0.2) is 0 Å². The minimum atomic E-state index is -0.396. The molecule has 1 fully saturated rings. The van der Waals surface area contributed by atoms with Crippen LogP contribution >= 0.6 is 23.2 Å². The molecule has 1 N–H and O–H groups in total. The van der Waals surface area contributed by atoms with E-state index >= 15 is 0 Å². The van der Waals surface area contributed by atoms with Crippen LogP contribution in [0, 0.1) is 0 Å². The van der Waals surface area contributed by atoms with Crippen LogP contribution in [0.3, 0.4) is 0 Å². The Morgan fingerprint density at radius 2 is 2.17 bits per heavy atom. The molecule has 2 rings (SSSR count). The molecule has 1 aliphatic heterocycles. The van der Waals surface area contributed by atoms with Crippen LogP contribution in [0.1, 0.15) is 12.0 Å². The Morgan fingerprint density at radius 3 is 2.78 bits per heavy atom. The molecule has 0 unspecified atom stereocenters. The fourth-order valence-corrected chi connectivity index (χ4v) is 2.14. The van der Waals surface area contributed by atoms with Gasteiger partial charge in [0.15, 0.2) is 0 Å². The predicted octanol–water partition coefficient (Wildman–Crippen LogP) is 2.60. The number of hydrogen-bond acceptors (Lipinski definition) is 2. The largest absolute Gasteiger partial charge is 0.391 e. The maximum absolute atomic E-state index is 11.8. The number of aliphatic hydroxyl groups excluding tert-OH is 1. The lowest BCUT2D eigenvalue weighted by Gasteiger charge is -2.12. The lowest BCUT2D eigenvalue weighted by atomic mass is 10.2. The lowest BCUT2D eigenvalue weighted by molar-refractivity contribution is -0.125. The summed E-state index contributed by atoms with van der Waals surface area (Å²) in [6.07, 6.45) is 3.42. The summed E-state index contributed by atoms with van der Waals surface area (Å²) in [7, 11) is 0. The first-order valence-electron chi connectivity index (χ1n) is 5.66. The lowest BCUT2D eigenvalue weighted by Crippen LogP contribution is -2.27. The molecule has 0 radical (unpaired) electrons. The predicted molar refractivity (Wildman–Crippen MR) is 72.7 cm³/mol. The molecule has 1 heterocycles. The molecule has 1 saturated heterocycles. The van der Waals surface area contributed by atoms with Crippen molar-refractivity contribution in [3.63, 3.8) is 0 Å². The van der Waals surface area contributed by atoms with Gasteiger partial charge in [0.1, 0.15) is 0 Å². The summed E-state index contributed by atoms with van der Waals surface area (Å²) in [6, 6.07) is 5.18. The molecule has 18 heavy (non-hydrogen) atoms. The molecule has 5 heteroatoms. The second-order valence-electron chi connectivity index (χ2n) is 4.23. The molecule has 1 atom stereocenters. The van der Waals surface area contributed by atoms with Crippen LogP contribution < -0.4 is 0 Å². The van der Waals surface area contributed by atoms with Crippen molar-refractivity contribution < 1.29 is 9.90 Å². The number of halogens is 2. The molecule has 0 aromatic heterocycles. The number of benzene rings is 1. The summed E-state index contributed by atoms with van der Waals surface area (Å²) >= 11 is 11.7. The van der Waals surface area contributed by atoms with Crippen LogP contribution in [-0.4, -0.2) is 35.1 Å². The number of aliphatic hydroxyl groups is 1. The highest BCUT2D eigenvalue weighted by molar-refractivity contribution is 6.42. The number of hydrogen-bond donors (Lipinski definition) is 1. The summed E-state index contributed by atoms with van der Waals surface area (Å²) in [5, 5.41) is 10.3. The molecule has 3 nitrogen and oxygen atoms in total. The average Bonchev–Trinajstić information content (AvgIpc) is 2.77. The minimum Gasteiger partial charge on any atom is -0.391 e. The van der Waals surface area contributed by atoms with Crippen LogP contribution in [0.4, 0.5) is 0 Å². The molecule has 96 valence electrons. The molecule has 0 bridgehead atoms. The SMILES string of the molecule is O=C(/C=C/c1ccc(Cl)c(Cl)c1)N1CC[C@H](O)C1. The molecule has 1 amide bonds. The van der Waals surface area contributed by atoms with E-state index in [1.54, 1.807) is 29.2 Å². The van der Waals surface area contributed by atoms with Crippen LogP contribution in [-0.2, 0) is 4.79 Å². The zero-order valence-corrected chi connectivity index (χ0v) is 11.2. The first-order valence-corrected chi connectivity index (χ1v) is 6.42. The van der Waals surface area contributed by atoms with Crippen LogP contribution in [0.2, 0.25) is 10.0 Å². The van der Waals surface area contributed by atoms with Gasteiger partial charge in [-0.05, 0) is 30.2 Å². The van der Waals surface area contributed by atoms with Crippen molar-refractivity contribution in [2.45, 2.75) is 12.5 Å². The van der Waals surface area contributed by atoms with Crippen molar-refractivity contribution >= 4 is 35.2 Å². The van der Waals surface area contributed by atoms with E-state index in [4.69, 9.17) is 23.2 Å². The van der Waals surface area contributed by atoms with Gasteiger partial charge in [-0.2, -0.15) is 0 Å². The van der Waals surface area contributed by atoms with Gasteiger partial charge < -0.3 is 10.0 Å². The van der Waals surface area contributed by atoms with Crippen molar-refractivity contribution in [2.75, 3.05) is 13.1 Å². The number of rotatable bonds is 2. The van der Waals surface area contributed by atoms with Gasteiger partial charge in [0.2, 0.25) is 5.91 Å². The Balaban J connectivity index is 2.02. The Labute approximate surface area is 116 Å². The van der Waals surface area contributed by atoms with Gasteiger partial charge in [-0.15, -0.1) is 0 Å². The van der Waals surface area contributed by atoms with Crippen molar-refractivity contribution in [2.24, 2.45) is 0 Å². The topological polar surface area (TPSA) is 40.5 Å². The number of amides is 1. The van der Waals surface area contributed by atoms with Crippen LogP contribution in [0.25, 0.3) is 6.08 Å². The fraction of sp³-hybridized carbons (Fsp3) is 0.308. The quantitative estimate of drug-likeness (QED) is 0.849. The van der Waals surface area contributed by atoms with Gasteiger partial charge >= 0.3 is 0 Å². The number of carbonyl (C=O) groups excluding carboxylic acids is 1. The van der Waals surface area contributed by atoms with E-state index in [1.165, 1.54) is 6.08 Å². The molecular formula is C13H13Cl2NO2. The van der Waals surface area contributed by atoms with E-state index in [9.17, 15) is 9.90 Å². The number of likely N-dealkylation sites (tertiary alicyclic amines) is 1. The smallest absolute Gasteiger partial charge is 0.246 e. The van der Waals surface area contributed by atoms with Gasteiger partial charge in [0, 0.05) is 19.2 Å². The van der Waals surface area contributed by atoms with Gasteiger partial charge in [-0.1, -0.05) is 29.3 Å². The van der Waals surface area contributed by atoms with Crippen molar-refractivity contribution in [3.05, 3.63) is 39.9 Å². The zero-order valence-electron chi connectivity index (χ0n) is 9.64.